The molecule has 1 atom stereocenters. The van der Waals surface area contributed by atoms with Gasteiger partial charge in [-0.15, -0.1) is 0 Å². The molecule has 100 valence electrons. The van der Waals surface area contributed by atoms with Crippen LogP contribution >= 0.6 is 0 Å². The third-order valence-corrected chi connectivity index (χ3v) is 3.93. The summed E-state index contributed by atoms with van der Waals surface area (Å²) in [5.41, 5.74) is 4.30. The minimum absolute atomic E-state index is 0.587. The van der Waals surface area contributed by atoms with E-state index in [1.807, 2.05) is 52.0 Å². The third kappa shape index (κ3) is 1.89. The Labute approximate surface area is 120 Å². The normalized spacial score (nSPS) is 22.1. The molecule has 1 aromatic rings. The molecule has 0 saturated carbocycles. The van der Waals surface area contributed by atoms with E-state index in [0.717, 1.165) is 22.5 Å². The average molecular weight is 263 g/mol. The predicted molar refractivity (Wildman–Crippen MR) is 79.3 cm³/mol. The molecule has 0 aromatic heterocycles. The first-order chi connectivity index (χ1) is 9.44. The summed E-state index contributed by atoms with van der Waals surface area (Å²) in [5, 5.41) is 12.7. The molecule has 3 nitrogen and oxygen atoms in total. The molecule has 1 unspecified atom stereocenters. The average Bonchev–Trinajstić information content (AvgIpc) is 2.39. The molecular formula is C17H17N3. The predicted octanol–water partition coefficient (Wildman–Crippen LogP) is 3.80. The van der Waals surface area contributed by atoms with Crippen LogP contribution in [0.15, 0.2) is 46.9 Å². The fourth-order valence-corrected chi connectivity index (χ4v) is 2.83. The zero-order chi connectivity index (χ0) is 14.9. The Morgan fingerprint density at radius 1 is 1.15 bits per heavy atom. The quantitative estimate of drug-likeness (QED) is 0.783. The largest absolute Gasteiger partial charge is 0.372 e. The van der Waals surface area contributed by atoms with Crippen molar-refractivity contribution in [2.45, 2.75) is 33.1 Å². The summed E-state index contributed by atoms with van der Waals surface area (Å²) in [5.74, 6) is 0. The van der Waals surface area contributed by atoms with Gasteiger partial charge < -0.3 is 5.32 Å². The molecule has 0 radical (unpaired) electrons. The number of nitrogens with zero attached hydrogens (tertiary/aromatic N) is 2. The Kier molecular flexibility index (Phi) is 3.38. The Balaban J connectivity index is 2.76. The van der Waals surface area contributed by atoms with E-state index in [2.05, 4.69) is 16.2 Å². The van der Waals surface area contributed by atoms with Crippen LogP contribution in [0.5, 0.6) is 0 Å². The second kappa shape index (κ2) is 4.87. The van der Waals surface area contributed by atoms with Gasteiger partial charge in [0, 0.05) is 11.4 Å². The summed E-state index contributed by atoms with van der Waals surface area (Å²) in [4.78, 5) is 3.70. The number of benzene rings is 1. The summed E-state index contributed by atoms with van der Waals surface area (Å²) in [6, 6.07) is 10.3. The van der Waals surface area contributed by atoms with Gasteiger partial charge in [-0.1, -0.05) is 36.8 Å². The fourth-order valence-electron chi connectivity index (χ4n) is 2.83. The van der Waals surface area contributed by atoms with Gasteiger partial charge in [0.2, 0.25) is 0 Å². The van der Waals surface area contributed by atoms with Gasteiger partial charge in [-0.3, -0.25) is 0 Å². The van der Waals surface area contributed by atoms with Gasteiger partial charge in [0.25, 0.3) is 0 Å². The summed E-state index contributed by atoms with van der Waals surface area (Å²) in [7, 11) is 0. The lowest BCUT2D eigenvalue weighted by Gasteiger charge is -2.35. The lowest BCUT2D eigenvalue weighted by molar-refractivity contribution is 0.633. The molecule has 1 aromatic carbocycles. The first-order valence-corrected chi connectivity index (χ1v) is 6.49. The maximum Gasteiger partial charge on any atom is 0.199 e. The second-order valence-corrected chi connectivity index (χ2v) is 5.31. The van der Waals surface area contributed by atoms with Crippen molar-refractivity contribution in [3.05, 3.63) is 69.5 Å². The van der Waals surface area contributed by atoms with E-state index in [4.69, 9.17) is 6.57 Å². The van der Waals surface area contributed by atoms with Crippen LogP contribution in [0.3, 0.4) is 0 Å². The van der Waals surface area contributed by atoms with Crippen LogP contribution in [-0.4, -0.2) is 0 Å². The first-order valence-electron chi connectivity index (χ1n) is 6.49. The van der Waals surface area contributed by atoms with Gasteiger partial charge in [-0.2, -0.15) is 5.26 Å². The lowest BCUT2D eigenvalue weighted by atomic mass is 9.71. The molecule has 2 rings (SSSR count). The van der Waals surface area contributed by atoms with Gasteiger partial charge in [0.1, 0.15) is 0 Å². The Morgan fingerprint density at radius 3 is 2.25 bits per heavy atom. The van der Waals surface area contributed by atoms with E-state index < -0.39 is 5.41 Å². The number of nitriles is 1. The highest BCUT2D eigenvalue weighted by molar-refractivity contribution is 5.58. The van der Waals surface area contributed by atoms with Crippen molar-refractivity contribution in [3.63, 3.8) is 0 Å². The minimum Gasteiger partial charge on any atom is -0.372 e. The van der Waals surface area contributed by atoms with Gasteiger partial charge in [0.05, 0.1) is 23.6 Å². The van der Waals surface area contributed by atoms with Gasteiger partial charge >= 0.3 is 0 Å². The van der Waals surface area contributed by atoms with E-state index in [0.29, 0.717) is 11.3 Å². The Morgan fingerprint density at radius 2 is 1.75 bits per heavy atom. The first kappa shape index (κ1) is 13.9. The fraction of sp³-hybridized carbons (Fsp3) is 0.294. The van der Waals surface area contributed by atoms with Crippen LogP contribution < -0.4 is 5.32 Å². The zero-order valence-electron chi connectivity index (χ0n) is 12.2. The van der Waals surface area contributed by atoms with Crippen LogP contribution in [0, 0.1) is 24.8 Å². The van der Waals surface area contributed by atoms with E-state index in [9.17, 15) is 5.26 Å². The molecule has 0 saturated heterocycles. The molecule has 1 heterocycles. The van der Waals surface area contributed by atoms with Crippen LogP contribution in [0.2, 0.25) is 0 Å². The molecule has 3 heteroatoms. The molecule has 0 amide bonds. The number of dihydropyridines is 1. The molecule has 0 bridgehead atoms. The minimum atomic E-state index is -0.677. The van der Waals surface area contributed by atoms with E-state index in [1.54, 1.807) is 0 Å². The summed E-state index contributed by atoms with van der Waals surface area (Å²) < 4.78 is 0. The highest BCUT2D eigenvalue weighted by Gasteiger charge is 2.41. The zero-order valence-corrected chi connectivity index (χ0v) is 12.2. The van der Waals surface area contributed by atoms with Crippen LogP contribution in [0.4, 0.5) is 0 Å². The van der Waals surface area contributed by atoms with Crippen LogP contribution in [-0.2, 0) is 5.41 Å². The lowest BCUT2D eigenvalue weighted by Crippen LogP contribution is -2.35. The number of nitrogens with one attached hydrogen (secondary N) is 1. The smallest absolute Gasteiger partial charge is 0.199 e. The van der Waals surface area contributed by atoms with Gasteiger partial charge in [0.15, 0.2) is 5.70 Å². The van der Waals surface area contributed by atoms with E-state index in [1.165, 1.54) is 0 Å². The van der Waals surface area contributed by atoms with Crippen molar-refractivity contribution in [3.8, 4) is 6.07 Å². The van der Waals surface area contributed by atoms with Crippen LogP contribution in [0.1, 0.15) is 31.9 Å². The van der Waals surface area contributed by atoms with Crippen molar-refractivity contribution in [1.29, 1.82) is 5.26 Å². The van der Waals surface area contributed by atoms with Crippen molar-refractivity contribution < 1.29 is 0 Å². The number of hydrogen-bond donors (Lipinski definition) is 1. The monoisotopic (exact) mass is 263 g/mol. The molecule has 0 aliphatic carbocycles. The molecule has 1 aliphatic rings. The molecule has 0 fully saturated rings. The van der Waals surface area contributed by atoms with Crippen LogP contribution in [0.25, 0.3) is 4.85 Å². The summed E-state index contributed by atoms with van der Waals surface area (Å²) >= 11 is 0. The van der Waals surface area contributed by atoms with Crippen molar-refractivity contribution in [1.82, 2.24) is 5.32 Å². The molecule has 1 N–H and O–H groups in total. The summed E-state index contributed by atoms with van der Waals surface area (Å²) in [6.07, 6.45) is 0. The van der Waals surface area contributed by atoms with Crippen molar-refractivity contribution >= 4 is 0 Å². The van der Waals surface area contributed by atoms with Crippen molar-refractivity contribution in [2.75, 3.05) is 0 Å². The SMILES string of the molecule is [C-]#[N+]C1=C(C)NC(C)=C(C#N)C1(C)c1ccc(C)cc1. The van der Waals surface area contributed by atoms with E-state index in [-0.39, 0.29) is 0 Å². The topological polar surface area (TPSA) is 40.2 Å². The maximum atomic E-state index is 9.54. The molecule has 1 aliphatic heterocycles. The van der Waals surface area contributed by atoms with Gasteiger partial charge in [-0.25, -0.2) is 4.85 Å². The highest BCUT2D eigenvalue weighted by Crippen LogP contribution is 2.44. The Bertz CT molecular complexity index is 655. The highest BCUT2D eigenvalue weighted by atomic mass is 14.9. The number of rotatable bonds is 1. The summed E-state index contributed by atoms with van der Waals surface area (Å²) in [6.45, 7) is 15.3. The maximum absolute atomic E-state index is 9.54. The van der Waals surface area contributed by atoms with E-state index >= 15 is 0 Å². The number of hydrogen-bond acceptors (Lipinski definition) is 2. The Hall–Kier alpha value is -2.52. The number of allylic oxidation sites excluding steroid dienone is 3. The second-order valence-electron chi connectivity index (χ2n) is 5.31. The standard InChI is InChI=1S/C17H17N3/c1-11-6-8-14(9-7-11)17(4)15(10-18)12(2)20-13(3)16(17)19-5/h6-9,20H,1-4H3. The number of aryl methyl sites for hydroxylation is 1. The van der Waals surface area contributed by atoms with Crippen molar-refractivity contribution in [2.24, 2.45) is 0 Å². The molecule has 0 spiro atoms. The third-order valence-electron chi connectivity index (χ3n) is 3.93. The van der Waals surface area contributed by atoms with Gasteiger partial charge in [-0.05, 0) is 26.3 Å². The molecular weight excluding hydrogens is 246 g/mol. The molecule has 20 heavy (non-hydrogen) atoms.